The third-order valence-corrected chi connectivity index (χ3v) is 5.47. The van der Waals surface area contributed by atoms with E-state index in [1.165, 1.54) is 29.8 Å². The Balaban J connectivity index is 1.29. The fourth-order valence-electron chi connectivity index (χ4n) is 3.52. The Bertz CT molecular complexity index is 1350. The molecule has 0 aromatic heterocycles. The molecule has 8 heteroatoms. The number of carbonyl (C=O) groups excluding carboxylic acids is 2. The molecule has 2 N–H and O–H groups in total. The second-order valence-corrected chi connectivity index (χ2v) is 8.17. The van der Waals surface area contributed by atoms with Crippen LogP contribution < -0.4 is 15.4 Å². The van der Waals surface area contributed by atoms with Crippen molar-refractivity contribution >= 4 is 23.2 Å². The first-order chi connectivity index (χ1) is 17.8. The summed E-state index contributed by atoms with van der Waals surface area (Å²) in [6, 6.07) is 27.2. The largest absolute Gasteiger partial charge is 0.493 e. The number of alkyl halides is 3. The van der Waals surface area contributed by atoms with E-state index in [0.29, 0.717) is 23.6 Å². The number of rotatable bonds is 8. The minimum Gasteiger partial charge on any atom is -0.493 e. The monoisotopic (exact) mass is 504 g/mol. The molecular weight excluding hydrogens is 481 g/mol. The van der Waals surface area contributed by atoms with Crippen LogP contribution in [-0.4, -0.2) is 18.4 Å². The van der Waals surface area contributed by atoms with Crippen molar-refractivity contribution in [1.82, 2.24) is 0 Å². The summed E-state index contributed by atoms with van der Waals surface area (Å²) in [6.07, 6.45) is -3.73. The van der Waals surface area contributed by atoms with Crippen LogP contribution in [0.15, 0.2) is 103 Å². The Labute approximate surface area is 211 Å². The summed E-state index contributed by atoms with van der Waals surface area (Å²) in [5, 5.41) is 5.19. The quantitative estimate of drug-likeness (QED) is 0.276. The summed E-state index contributed by atoms with van der Waals surface area (Å²) >= 11 is 0. The second-order valence-electron chi connectivity index (χ2n) is 8.17. The van der Waals surface area contributed by atoms with Crippen molar-refractivity contribution in [3.8, 4) is 5.75 Å². The molecule has 0 fully saturated rings. The van der Waals surface area contributed by atoms with Gasteiger partial charge >= 0.3 is 6.18 Å². The van der Waals surface area contributed by atoms with Gasteiger partial charge in [0.25, 0.3) is 11.8 Å². The fraction of sp³-hybridized carbons (Fsp3) is 0.103. The molecule has 0 aliphatic heterocycles. The number of carbonyl (C=O) groups is 2. The molecular formula is C29H23F3N2O3. The lowest BCUT2D eigenvalue weighted by Gasteiger charge is -2.11. The highest BCUT2D eigenvalue weighted by molar-refractivity contribution is 6.06. The number of ether oxygens (including phenoxy) is 1. The van der Waals surface area contributed by atoms with E-state index in [1.54, 1.807) is 36.4 Å². The van der Waals surface area contributed by atoms with E-state index in [2.05, 4.69) is 10.6 Å². The molecule has 0 spiro atoms. The Morgan fingerprint density at radius 2 is 1.27 bits per heavy atom. The van der Waals surface area contributed by atoms with Gasteiger partial charge in [-0.25, -0.2) is 0 Å². The summed E-state index contributed by atoms with van der Waals surface area (Å²) in [5.41, 5.74) is 1.48. The van der Waals surface area contributed by atoms with E-state index in [0.717, 1.165) is 18.6 Å². The number of hydrogen-bond donors (Lipinski definition) is 2. The van der Waals surface area contributed by atoms with Crippen molar-refractivity contribution in [2.75, 3.05) is 17.2 Å². The highest BCUT2D eigenvalue weighted by atomic mass is 19.4. The van der Waals surface area contributed by atoms with E-state index < -0.39 is 17.6 Å². The minimum absolute atomic E-state index is 0.0321. The molecule has 37 heavy (non-hydrogen) atoms. The van der Waals surface area contributed by atoms with Gasteiger partial charge in [0.05, 0.1) is 12.2 Å². The first-order valence-electron chi connectivity index (χ1n) is 11.4. The van der Waals surface area contributed by atoms with Crippen molar-refractivity contribution < 1.29 is 27.5 Å². The highest BCUT2D eigenvalue weighted by Gasteiger charge is 2.30. The van der Waals surface area contributed by atoms with Crippen LogP contribution in [0.5, 0.6) is 5.75 Å². The third-order valence-electron chi connectivity index (χ3n) is 5.47. The van der Waals surface area contributed by atoms with Crippen LogP contribution in [-0.2, 0) is 12.6 Å². The summed E-state index contributed by atoms with van der Waals surface area (Å²) in [7, 11) is 0. The molecule has 4 rings (SSSR count). The van der Waals surface area contributed by atoms with Crippen LogP contribution in [0.4, 0.5) is 24.5 Å². The first-order valence-corrected chi connectivity index (χ1v) is 11.4. The van der Waals surface area contributed by atoms with Crippen molar-refractivity contribution in [1.29, 1.82) is 0 Å². The number of amides is 2. The zero-order valence-electron chi connectivity index (χ0n) is 19.6. The first kappa shape index (κ1) is 25.5. The van der Waals surface area contributed by atoms with Crippen molar-refractivity contribution in [2.45, 2.75) is 12.6 Å². The maximum Gasteiger partial charge on any atom is 0.416 e. The third kappa shape index (κ3) is 7.20. The second kappa shape index (κ2) is 11.4. The van der Waals surface area contributed by atoms with Gasteiger partial charge in [-0.2, -0.15) is 13.2 Å². The number of nitrogens with one attached hydrogen (secondary N) is 2. The van der Waals surface area contributed by atoms with Crippen molar-refractivity contribution in [2.24, 2.45) is 0 Å². The molecule has 0 saturated carbocycles. The fourth-order valence-corrected chi connectivity index (χ4v) is 3.52. The van der Waals surface area contributed by atoms with Crippen molar-refractivity contribution in [3.63, 3.8) is 0 Å². The SMILES string of the molecule is O=C(Nc1ccc(C(=O)Nc2cccc(C(F)(F)F)c2)cc1)c1ccc(OCCc2ccccc2)cc1. The van der Waals surface area contributed by atoms with Crippen LogP contribution in [0.3, 0.4) is 0 Å². The van der Waals surface area contributed by atoms with E-state index in [-0.39, 0.29) is 17.2 Å². The molecule has 0 atom stereocenters. The predicted octanol–water partition coefficient (Wildman–Crippen LogP) is 6.83. The molecule has 0 saturated heterocycles. The van der Waals surface area contributed by atoms with Crippen LogP contribution in [0.25, 0.3) is 0 Å². The normalized spacial score (nSPS) is 11.0. The molecule has 0 radical (unpaired) electrons. The van der Waals surface area contributed by atoms with E-state index in [9.17, 15) is 22.8 Å². The molecule has 0 aliphatic rings. The van der Waals surface area contributed by atoms with Gasteiger partial charge in [-0.05, 0) is 72.3 Å². The van der Waals surface area contributed by atoms with Gasteiger partial charge in [-0.3, -0.25) is 9.59 Å². The number of anilines is 2. The van der Waals surface area contributed by atoms with Gasteiger partial charge in [0.2, 0.25) is 0 Å². The summed E-state index contributed by atoms with van der Waals surface area (Å²) in [6.45, 7) is 0.517. The maximum absolute atomic E-state index is 12.9. The molecule has 0 aliphatic carbocycles. The van der Waals surface area contributed by atoms with Crippen LogP contribution in [0, 0.1) is 0 Å². The molecule has 188 valence electrons. The zero-order valence-corrected chi connectivity index (χ0v) is 19.6. The highest BCUT2D eigenvalue weighted by Crippen LogP contribution is 2.30. The molecule has 2 amide bonds. The van der Waals surface area contributed by atoms with Crippen LogP contribution >= 0.6 is 0 Å². The lowest BCUT2D eigenvalue weighted by molar-refractivity contribution is -0.137. The van der Waals surface area contributed by atoms with Crippen LogP contribution in [0.1, 0.15) is 31.8 Å². The average molecular weight is 505 g/mol. The molecule has 5 nitrogen and oxygen atoms in total. The molecule has 4 aromatic carbocycles. The minimum atomic E-state index is -4.50. The van der Waals surface area contributed by atoms with Gasteiger partial charge < -0.3 is 15.4 Å². The van der Waals surface area contributed by atoms with E-state index in [1.807, 2.05) is 30.3 Å². The molecule has 0 unspecified atom stereocenters. The molecule has 4 aromatic rings. The Morgan fingerprint density at radius 3 is 1.89 bits per heavy atom. The van der Waals surface area contributed by atoms with Gasteiger partial charge in [-0.1, -0.05) is 36.4 Å². The summed E-state index contributed by atoms with van der Waals surface area (Å²) in [4.78, 5) is 25.0. The smallest absolute Gasteiger partial charge is 0.416 e. The zero-order chi connectivity index (χ0) is 26.3. The number of hydrogen-bond acceptors (Lipinski definition) is 3. The maximum atomic E-state index is 12.9. The number of benzene rings is 4. The summed E-state index contributed by atoms with van der Waals surface area (Å²) in [5.74, 6) is -0.249. The summed E-state index contributed by atoms with van der Waals surface area (Å²) < 4.78 is 44.4. The van der Waals surface area contributed by atoms with Gasteiger partial charge in [-0.15, -0.1) is 0 Å². The standard InChI is InChI=1S/C29H23F3N2O3/c30-29(31,32)23-7-4-8-25(19-23)34-28(36)21-9-13-24(14-10-21)33-27(35)22-11-15-26(16-12-22)37-18-17-20-5-2-1-3-6-20/h1-16,19H,17-18H2,(H,33,35)(H,34,36). The lowest BCUT2D eigenvalue weighted by atomic mass is 10.1. The Kier molecular flexibility index (Phi) is 7.88. The lowest BCUT2D eigenvalue weighted by Crippen LogP contribution is -2.14. The topological polar surface area (TPSA) is 67.4 Å². The van der Waals surface area contributed by atoms with Gasteiger partial charge in [0.15, 0.2) is 0 Å². The van der Waals surface area contributed by atoms with Gasteiger partial charge in [0, 0.05) is 28.9 Å². The van der Waals surface area contributed by atoms with Crippen molar-refractivity contribution in [3.05, 3.63) is 125 Å². The molecule has 0 heterocycles. The Hall–Kier alpha value is -4.59. The van der Waals surface area contributed by atoms with E-state index in [4.69, 9.17) is 4.74 Å². The average Bonchev–Trinajstić information content (AvgIpc) is 2.90. The Morgan fingerprint density at radius 1 is 0.676 bits per heavy atom. The van der Waals surface area contributed by atoms with E-state index >= 15 is 0 Å². The number of halogens is 3. The van der Waals surface area contributed by atoms with Gasteiger partial charge in [0.1, 0.15) is 5.75 Å². The molecule has 0 bridgehead atoms. The predicted molar refractivity (Wildman–Crippen MR) is 136 cm³/mol. The van der Waals surface area contributed by atoms with Crippen LogP contribution in [0.2, 0.25) is 0 Å².